The molecule has 0 spiro atoms. The first-order chi connectivity index (χ1) is 19.0. The molecule has 0 aromatic carbocycles. The van der Waals surface area contributed by atoms with Crippen LogP contribution in [0.5, 0.6) is 0 Å². The zero-order chi connectivity index (χ0) is 31.3. The van der Waals surface area contributed by atoms with E-state index < -0.39 is 35.2 Å². The highest BCUT2D eigenvalue weighted by Gasteiger charge is 2.40. The van der Waals surface area contributed by atoms with Crippen molar-refractivity contribution in [2.24, 2.45) is 5.92 Å². The minimum Gasteiger partial charge on any atom is -0.481 e. The van der Waals surface area contributed by atoms with E-state index in [1.54, 1.807) is 6.08 Å². The van der Waals surface area contributed by atoms with E-state index in [4.69, 9.17) is 14.0 Å². The van der Waals surface area contributed by atoms with Crippen LogP contribution in [-0.4, -0.2) is 46.1 Å². The van der Waals surface area contributed by atoms with Gasteiger partial charge in [0.25, 0.3) is 0 Å². The monoisotopic (exact) mass is 618 g/mol. The van der Waals surface area contributed by atoms with Gasteiger partial charge in [0.1, 0.15) is 0 Å². The smallest absolute Gasteiger partial charge is 0.389 e. The quantitative estimate of drug-likeness (QED) is 0.0677. The van der Waals surface area contributed by atoms with Crippen LogP contribution >= 0.6 is 0 Å². The summed E-state index contributed by atoms with van der Waals surface area (Å²) in [5, 5.41) is 8.88. The van der Waals surface area contributed by atoms with Gasteiger partial charge >= 0.3 is 12.1 Å². The van der Waals surface area contributed by atoms with Crippen LogP contribution in [0.25, 0.3) is 0 Å². The second kappa shape index (κ2) is 17.2. The van der Waals surface area contributed by atoms with Crippen molar-refractivity contribution in [2.45, 2.75) is 160 Å². The summed E-state index contributed by atoms with van der Waals surface area (Å²) in [6, 6.07) is 3.28. The third-order valence-corrected chi connectivity index (χ3v) is 18.5. The number of unbranched alkanes of at least 4 members (excludes halogenated alkanes) is 1. The molecular formula is C32H57F3O4Si2. The van der Waals surface area contributed by atoms with Gasteiger partial charge in [-0.2, -0.15) is 13.2 Å². The highest BCUT2D eigenvalue weighted by Crippen LogP contribution is 2.41. The Morgan fingerprint density at radius 3 is 2.27 bits per heavy atom. The van der Waals surface area contributed by atoms with Crippen LogP contribution < -0.4 is 0 Å². The molecular weight excluding hydrogens is 562 g/mol. The lowest BCUT2D eigenvalue weighted by atomic mass is 9.90. The summed E-state index contributed by atoms with van der Waals surface area (Å²) >= 11 is 0. The van der Waals surface area contributed by atoms with E-state index in [9.17, 15) is 18.0 Å². The molecule has 1 aliphatic carbocycles. The Morgan fingerprint density at radius 1 is 1.10 bits per heavy atom. The number of aliphatic carboxylic acids is 1. The second-order valence-electron chi connectivity index (χ2n) is 13.2. The van der Waals surface area contributed by atoms with Gasteiger partial charge in [-0.25, -0.2) is 0 Å². The summed E-state index contributed by atoms with van der Waals surface area (Å²) in [6.45, 7) is 17.8. The number of hydrogen-bond acceptors (Lipinski definition) is 3. The second-order valence-corrected chi connectivity index (χ2v) is 22.7. The Bertz CT molecular complexity index is 874. The van der Waals surface area contributed by atoms with Crippen molar-refractivity contribution in [3.8, 4) is 0 Å². The van der Waals surface area contributed by atoms with Gasteiger partial charge in [-0.1, -0.05) is 59.6 Å². The first-order valence-electron chi connectivity index (χ1n) is 15.7. The fourth-order valence-corrected chi connectivity index (χ4v) is 9.71. The summed E-state index contributed by atoms with van der Waals surface area (Å²) in [6.07, 6.45) is 6.58. The molecule has 1 N–H and O–H groups in total. The molecule has 0 amide bonds. The number of carbonyl (C=O) groups is 1. The van der Waals surface area contributed by atoms with E-state index >= 15 is 0 Å². The minimum absolute atomic E-state index is 0.0280. The van der Waals surface area contributed by atoms with E-state index in [0.717, 1.165) is 50.2 Å². The zero-order valence-corrected chi connectivity index (χ0v) is 29.0. The number of alkyl halides is 3. The molecule has 0 radical (unpaired) electrons. The largest absolute Gasteiger partial charge is 0.481 e. The Labute approximate surface area is 250 Å². The summed E-state index contributed by atoms with van der Waals surface area (Å²) < 4.78 is 52.0. The molecule has 1 aliphatic rings. The van der Waals surface area contributed by atoms with Gasteiger partial charge in [0, 0.05) is 18.4 Å². The SMILES string of the molecule is CC[Si](CC)(CC)OC1CC=C(CCC(CCCCC(F)(F)F)O[Si](C)(C)C(C)(C)C)[C@H]1CCC=C=CCC(=O)O. The first-order valence-corrected chi connectivity index (χ1v) is 21.2. The fraction of sp³-hybridized carbons (Fsp3) is 0.812. The number of carboxylic acid groups (broad SMARTS) is 1. The van der Waals surface area contributed by atoms with Gasteiger partial charge < -0.3 is 14.0 Å². The minimum atomic E-state index is -4.11. The molecule has 0 saturated heterocycles. The number of halogens is 3. The third kappa shape index (κ3) is 13.8. The van der Waals surface area contributed by atoms with Crippen LogP contribution in [0.2, 0.25) is 36.3 Å². The van der Waals surface area contributed by atoms with Crippen molar-refractivity contribution < 1.29 is 31.9 Å². The number of carboxylic acids is 1. The van der Waals surface area contributed by atoms with Crippen LogP contribution in [-0.2, 0) is 13.6 Å². The van der Waals surface area contributed by atoms with Crippen molar-refractivity contribution in [3.63, 3.8) is 0 Å². The van der Waals surface area contributed by atoms with Gasteiger partial charge in [-0.05, 0) is 93.4 Å². The molecule has 0 fully saturated rings. The maximum atomic E-state index is 12.8. The summed E-state index contributed by atoms with van der Waals surface area (Å²) in [7, 11) is -3.88. The molecule has 41 heavy (non-hydrogen) atoms. The first kappa shape index (κ1) is 37.9. The van der Waals surface area contributed by atoms with Crippen molar-refractivity contribution >= 4 is 22.6 Å². The Kier molecular flexibility index (Phi) is 15.9. The van der Waals surface area contributed by atoms with Crippen molar-refractivity contribution in [1.82, 2.24) is 0 Å². The Balaban J connectivity index is 3.04. The third-order valence-electron chi connectivity index (χ3n) is 9.26. The molecule has 0 bridgehead atoms. The van der Waals surface area contributed by atoms with Crippen molar-refractivity contribution in [3.05, 3.63) is 29.5 Å². The average molecular weight is 619 g/mol. The van der Waals surface area contributed by atoms with Crippen molar-refractivity contribution in [1.29, 1.82) is 0 Å². The normalized spacial score (nSPS) is 19.0. The summed E-state index contributed by atoms with van der Waals surface area (Å²) in [5.41, 5.74) is 4.38. The Hall–Kier alpha value is -1.13. The molecule has 3 atom stereocenters. The van der Waals surface area contributed by atoms with Gasteiger partial charge in [-0.3, -0.25) is 4.79 Å². The molecule has 9 heteroatoms. The highest BCUT2D eigenvalue weighted by atomic mass is 28.4. The molecule has 0 heterocycles. The van der Waals surface area contributed by atoms with Gasteiger partial charge in [0.15, 0.2) is 16.6 Å². The molecule has 238 valence electrons. The fourth-order valence-electron chi connectivity index (χ4n) is 5.39. The lowest BCUT2D eigenvalue weighted by molar-refractivity contribution is -0.136. The summed E-state index contributed by atoms with van der Waals surface area (Å²) in [4.78, 5) is 10.8. The molecule has 0 saturated carbocycles. The van der Waals surface area contributed by atoms with Crippen LogP contribution in [0, 0.1) is 5.92 Å². The standard InChI is InChI=1S/C32H57F3O4Si2/c1-9-41(10-2,11-3)39-29-24-22-26(28(29)19-14-12-13-15-20-30(36)37)21-23-27(18-16-17-25-32(33,34)35)38-40(7,8)31(4,5)6/h12,15,22,27-29H,9-11,14,16-21,23-25H2,1-8H3,(H,36,37)/t13?,27?,28-,29?/m1/s1. The number of rotatable bonds is 19. The predicted octanol–water partition coefficient (Wildman–Crippen LogP) is 10.6. The highest BCUT2D eigenvalue weighted by molar-refractivity contribution is 6.74. The van der Waals surface area contributed by atoms with E-state index in [0.29, 0.717) is 12.8 Å². The maximum Gasteiger partial charge on any atom is 0.389 e. The van der Waals surface area contributed by atoms with Crippen molar-refractivity contribution in [2.75, 3.05) is 0 Å². The zero-order valence-electron chi connectivity index (χ0n) is 27.0. The topological polar surface area (TPSA) is 55.8 Å². The van der Waals surface area contributed by atoms with E-state index in [-0.39, 0.29) is 36.0 Å². The van der Waals surface area contributed by atoms with Crippen LogP contribution in [0.3, 0.4) is 0 Å². The predicted molar refractivity (Wildman–Crippen MR) is 168 cm³/mol. The lowest BCUT2D eigenvalue weighted by Gasteiger charge is -2.40. The molecule has 4 nitrogen and oxygen atoms in total. The molecule has 2 unspecified atom stereocenters. The molecule has 0 aromatic rings. The average Bonchev–Trinajstić information content (AvgIpc) is 3.24. The van der Waals surface area contributed by atoms with Crippen LogP contribution in [0.1, 0.15) is 106 Å². The molecule has 0 aliphatic heterocycles. The van der Waals surface area contributed by atoms with Gasteiger partial charge in [-0.15, -0.1) is 5.73 Å². The van der Waals surface area contributed by atoms with Gasteiger partial charge in [0.2, 0.25) is 0 Å². The Morgan fingerprint density at radius 2 is 1.73 bits per heavy atom. The maximum absolute atomic E-state index is 12.8. The van der Waals surface area contributed by atoms with Gasteiger partial charge in [0.05, 0.1) is 12.5 Å². The lowest BCUT2D eigenvalue weighted by Crippen LogP contribution is -2.44. The van der Waals surface area contributed by atoms with Crippen LogP contribution in [0.4, 0.5) is 13.2 Å². The van der Waals surface area contributed by atoms with E-state index in [2.05, 4.69) is 66.4 Å². The van der Waals surface area contributed by atoms with Crippen LogP contribution in [0.15, 0.2) is 29.5 Å². The molecule has 1 rings (SSSR count). The molecule has 0 aromatic heterocycles. The number of hydrogen-bond donors (Lipinski definition) is 1. The van der Waals surface area contributed by atoms with E-state index in [1.807, 2.05) is 6.08 Å². The van der Waals surface area contributed by atoms with E-state index in [1.165, 1.54) is 5.57 Å². The summed E-state index contributed by atoms with van der Waals surface area (Å²) in [5.74, 6) is -0.587.